The third kappa shape index (κ3) is 3.84. The van der Waals surface area contributed by atoms with E-state index < -0.39 is 11.9 Å². The van der Waals surface area contributed by atoms with Crippen molar-refractivity contribution in [1.82, 2.24) is 9.55 Å². The molecule has 0 saturated carbocycles. The molecule has 0 aliphatic heterocycles. The van der Waals surface area contributed by atoms with Gasteiger partial charge in [-0.05, 0) is 49.9 Å². The number of carbonyl (C=O) groups excluding carboxylic acids is 2. The van der Waals surface area contributed by atoms with Gasteiger partial charge in [0.25, 0.3) is 5.56 Å². The lowest BCUT2D eigenvalue weighted by molar-refractivity contribution is -0.116. The minimum absolute atomic E-state index is 0.195. The van der Waals surface area contributed by atoms with Crippen LogP contribution in [0.4, 0.5) is 5.00 Å². The molecule has 2 heterocycles. The number of aryl methyl sites for hydroxylation is 1. The normalized spacial score (nSPS) is 12.8. The Morgan fingerprint density at radius 2 is 2.17 bits per heavy atom. The number of nitrogens with zero attached hydrogens (tertiary/aromatic N) is 2. The first-order chi connectivity index (χ1) is 14.0. The van der Waals surface area contributed by atoms with E-state index in [0.29, 0.717) is 21.5 Å². The molecule has 1 aromatic carbocycles. The highest BCUT2D eigenvalue weighted by atomic mass is 79.9. The van der Waals surface area contributed by atoms with Crippen molar-refractivity contribution in [3.8, 4) is 0 Å². The van der Waals surface area contributed by atoms with E-state index in [0.717, 1.165) is 34.2 Å². The van der Waals surface area contributed by atoms with Crippen LogP contribution in [0.25, 0.3) is 10.9 Å². The van der Waals surface area contributed by atoms with Crippen LogP contribution in [0.3, 0.4) is 0 Å². The summed E-state index contributed by atoms with van der Waals surface area (Å²) in [6.45, 7) is 1.82. The highest BCUT2D eigenvalue weighted by Gasteiger charge is 2.28. The molecule has 1 amide bonds. The smallest absolute Gasteiger partial charge is 0.341 e. The molecule has 0 unspecified atom stereocenters. The van der Waals surface area contributed by atoms with E-state index in [9.17, 15) is 14.4 Å². The largest absolute Gasteiger partial charge is 0.462 e. The molecule has 0 saturated heterocycles. The number of hydrogen-bond donors (Lipinski definition) is 1. The van der Waals surface area contributed by atoms with Gasteiger partial charge in [-0.2, -0.15) is 0 Å². The van der Waals surface area contributed by atoms with Gasteiger partial charge in [-0.15, -0.1) is 11.3 Å². The van der Waals surface area contributed by atoms with E-state index in [1.54, 1.807) is 25.1 Å². The summed E-state index contributed by atoms with van der Waals surface area (Å²) in [5.74, 6) is -0.815. The first kappa shape index (κ1) is 19.8. The molecular formula is C20H18BrN3O4S. The predicted molar refractivity (Wildman–Crippen MR) is 115 cm³/mol. The number of esters is 1. The van der Waals surface area contributed by atoms with Gasteiger partial charge in [0.05, 0.1) is 29.4 Å². The fourth-order valence-corrected chi connectivity index (χ4v) is 5.13. The minimum Gasteiger partial charge on any atom is -0.462 e. The van der Waals surface area contributed by atoms with Crippen molar-refractivity contribution in [2.75, 3.05) is 11.9 Å². The number of thiophene rings is 1. The number of aromatic nitrogens is 2. The Balaban J connectivity index is 1.60. The third-order valence-electron chi connectivity index (χ3n) is 4.75. The topological polar surface area (TPSA) is 90.3 Å². The monoisotopic (exact) mass is 475 g/mol. The summed E-state index contributed by atoms with van der Waals surface area (Å²) in [4.78, 5) is 43.1. The Morgan fingerprint density at radius 1 is 1.34 bits per heavy atom. The molecule has 0 atom stereocenters. The van der Waals surface area contributed by atoms with Gasteiger partial charge in [-0.3, -0.25) is 14.2 Å². The molecule has 4 rings (SSSR count). The quantitative estimate of drug-likeness (QED) is 0.570. The molecule has 2 aromatic heterocycles. The molecule has 150 valence electrons. The summed E-state index contributed by atoms with van der Waals surface area (Å²) in [6, 6.07) is 5.23. The second-order valence-corrected chi connectivity index (χ2v) is 8.69. The van der Waals surface area contributed by atoms with Gasteiger partial charge >= 0.3 is 5.97 Å². The van der Waals surface area contributed by atoms with Crippen LogP contribution in [0, 0.1) is 0 Å². The second-order valence-electron chi connectivity index (χ2n) is 6.67. The number of nitrogens with one attached hydrogen (secondary N) is 1. The zero-order valence-electron chi connectivity index (χ0n) is 15.7. The molecular weight excluding hydrogens is 458 g/mol. The van der Waals surface area contributed by atoms with Crippen LogP contribution >= 0.6 is 27.3 Å². The van der Waals surface area contributed by atoms with Crippen LogP contribution in [0.5, 0.6) is 0 Å². The van der Waals surface area contributed by atoms with Crippen molar-refractivity contribution in [2.45, 2.75) is 32.7 Å². The molecule has 0 spiro atoms. The van der Waals surface area contributed by atoms with Gasteiger partial charge in [0.15, 0.2) is 0 Å². The fraction of sp³-hybridized carbons (Fsp3) is 0.300. The van der Waals surface area contributed by atoms with Gasteiger partial charge in [-0.25, -0.2) is 9.78 Å². The summed E-state index contributed by atoms with van der Waals surface area (Å²) in [5.41, 5.74) is 1.68. The molecule has 1 aliphatic carbocycles. The molecule has 9 heteroatoms. The predicted octanol–water partition coefficient (Wildman–Crippen LogP) is 3.52. The Hall–Kier alpha value is -2.52. The highest BCUT2D eigenvalue weighted by Crippen LogP contribution is 2.39. The van der Waals surface area contributed by atoms with Crippen molar-refractivity contribution in [2.24, 2.45) is 0 Å². The SMILES string of the molecule is CCOC(=O)c1c(NC(=O)Cn2cnc3ccc(Br)cc3c2=O)sc2c1CCC2. The van der Waals surface area contributed by atoms with E-state index in [4.69, 9.17) is 4.74 Å². The fourth-order valence-electron chi connectivity index (χ4n) is 3.48. The lowest BCUT2D eigenvalue weighted by Crippen LogP contribution is -2.28. The van der Waals surface area contributed by atoms with Gasteiger partial charge in [0.2, 0.25) is 5.91 Å². The van der Waals surface area contributed by atoms with Crippen LogP contribution in [0.2, 0.25) is 0 Å². The molecule has 29 heavy (non-hydrogen) atoms. The number of carbonyl (C=O) groups is 2. The number of fused-ring (bicyclic) bond motifs is 2. The average molecular weight is 476 g/mol. The number of halogens is 1. The summed E-state index contributed by atoms with van der Waals surface area (Å²) in [5, 5.41) is 3.71. The van der Waals surface area contributed by atoms with E-state index in [-0.39, 0.29) is 18.7 Å². The zero-order valence-corrected chi connectivity index (χ0v) is 18.1. The van der Waals surface area contributed by atoms with Gasteiger partial charge in [0, 0.05) is 9.35 Å². The van der Waals surface area contributed by atoms with E-state index >= 15 is 0 Å². The van der Waals surface area contributed by atoms with E-state index in [1.165, 1.54) is 22.2 Å². The number of hydrogen-bond acceptors (Lipinski definition) is 6. The molecule has 0 radical (unpaired) electrons. The van der Waals surface area contributed by atoms with Crippen LogP contribution in [-0.4, -0.2) is 28.0 Å². The third-order valence-corrected chi connectivity index (χ3v) is 6.45. The number of ether oxygens (including phenoxy) is 1. The first-order valence-corrected chi connectivity index (χ1v) is 10.8. The number of anilines is 1. The van der Waals surface area contributed by atoms with Crippen molar-refractivity contribution in [3.63, 3.8) is 0 Å². The van der Waals surface area contributed by atoms with Gasteiger partial charge in [-0.1, -0.05) is 15.9 Å². The van der Waals surface area contributed by atoms with Crippen molar-refractivity contribution in [1.29, 1.82) is 0 Å². The highest BCUT2D eigenvalue weighted by molar-refractivity contribution is 9.10. The minimum atomic E-state index is -0.420. The first-order valence-electron chi connectivity index (χ1n) is 9.24. The van der Waals surface area contributed by atoms with Crippen molar-refractivity contribution in [3.05, 3.63) is 55.4 Å². The maximum Gasteiger partial charge on any atom is 0.341 e. The van der Waals surface area contributed by atoms with E-state index in [2.05, 4.69) is 26.2 Å². The lowest BCUT2D eigenvalue weighted by Gasteiger charge is -2.09. The molecule has 7 nitrogen and oxygen atoms in total. The molecule has 0 fully saturated rings. The average Bonchev–Trinajstić information content (AvgIpc) is 3.25. The Labute approximate surface area is 178 Å². The van der Waals surface area contributed by atoms with Gasteiger partial charge in [0.1, 0.15) is 11.5 Å². The summed E-state index contributed by atoms with van der Waals surface area (Å²) >= 11 is 4.75. The number of benzene rings is 1. The number of amides is 1. The Bertz CT molecular complexity index is 1180. The Morgan fingerprint density at radius 3 is 2.97 bits per heavy atom. The number of rotatable bonds is 5. The molecule has 1 N–H and O–H groups in total. The maximum absolute atomic E-state index is 12.7. The Kier molecular flexibility index (Phi) is 5.51. The second kappa shape index (κ2) is 8.08. The molecule has 1 aliphatic rings. The molecule has 3 aromatic rings. The van der Waals surface area contributed by atoms with Crippen LogP contribution in [0.1, 0.15) is 34.1 Å². The van der Waals surface area contributed by atoms with Crippen LogP contribution < -0.4 is 10.9 Å². The van der Waals surface area contributed by atoms with Crippen molar-refractivity contribution >= 4 is 55.0 Å². The van der Waals surface area contributed by atoms with E-state index in [1.807, 2.05) is 0 Å². The summed E-state index contributed by atoms with van der Waals surface area (Å²) < 4.78 is 7.20. The zero-order chi connectivity index (χ0) is 20.5. The molecule has 0 bridgehead atoms. The van der Waals surface area contributed by atoms with Gasteiger partial charge < -0.3 is 10.1 Å². The lowest BCUT2D eigenvalue weighted by atomic mass is 10.1. The summed E-state index contributed by atoms with van der Waals surface area (Å²) in [6.07, 6.45) is 4.05. The summed E-state index contributed by atoms with van der Waals surface area (Å²) in [7, 11) is 0. The standard InChI is InChI=1S/C20H18BrN3O4S/c1-2-28-20(27)17-12-4-3-5-15(12)29-18(17)23-16(25)9-24-10-22-14-7-6-11(21)8-13(14)19(24)26/h6-8,10H,2-5,9H2,1H3,(H,23,25). The maximum atomic E-state index is 12.7. The van der Waals surface area contributed by atoms with Crippen LogP contribution in [-0.2, 0) is 28.9 Å². The van der Waals surface area contributed by atoms with Crippen molar-refractivity contribution < 1.29 is 14.3 Å². The van der Waals surface area contributed by atoms with Crippen LogP contribution in [0.15, 0.2) is 33.8 Å².